The average Bonchev–Trinajstić information content (AvgIpc) is 2.29. The summed E-state index contributed by atoms with van der Waals surface area (Å²) in [6, 6.07) is 4.53. The monoisotopic (exact) mass is 291 g/mol. The maximum absolute atomic E-state index is 13.0. The molecule has 0 saturated carbocycles. The molecule has 0 radical (unpaired) electrons. The van der Waals surface area contributed by atoms with Crippen molar-refractivity contribution < 1.29 is 13.2 Å². The van der Waals surface area contributed by atoms with Crippen LogP contribution in [-0.2, 0) is 12.6 Å². The first-order valence-corrected chi connectivity index (χ1v) is 7.36. The molecular formula is C14H20F3NS. The van der Waals surface area contributed by atoms with E-state index in [0.717, 1.165) is 6.42 Å². The highest BCUT2D eigenvalue weighted by atomic mass is 32.2. The molecule has 108 valence electrons. The lowest BCUT2D eigenvalue weighted by Crippen LogP contribution is -2.09. The summed E-state index contributed by atoms with van der Waals surface area (Å²) in [7, 11) is 0. The zero-order chi connectivity index (χ0) is 14.5. The van der Waals surface area contributed by atoms with Crippen molar-refractivity contribution in [3.05, 3.63) is 29.3 Å². The highest BCUT2D eigenvalue weighted by Gasteiger charge is 2.33. The molecule has 0 spiro atoms. The summed E-state index contributed by atoms with van der Waals surface area (Å²) in [6.45, 7) is 4.49. The SMILES string of the molecule is CC(C)CCSc1ccc(CCN)cc1C(F)(F)F. The minimum atomic E-state index is -4.30. The molecule has 0 unspecified atom stereocenters. The van der Waals surface area contributed by atoms with Crippen molar-refractivity contribution in [3.63, 3.8) is 0 Å². The highest BCUT2D eigenvalue weighted by Crippen LogP contribution is 2.37. The lowest BCUT2D eigenvalue weighted by atomic mass is 10.1. The van der Waals surface area contributed by atoms with E-state index in [9.17, 15) is 13.2 Å². The molecule has 1 nitrogen and oxygen atoms in total. The van der Waals surface area contributed by atoms with Gasteiger partial charge in [0.2, 0.25) is 0 Å². The Kier molecular flexibility index (Phi) is 6.20. The van der Waals surface area contributed by atoms with E-state index in [1.165, 1.54) is 17.8 Å². The van der Waals surface area contributed by atoms with Crippen molar-refractivity contribution in [3.8, 4) is 0 Å². The Labute approximate surface area is 116 Å². The van der Waals surface area contributed by atoms with Gasteiger partial charge in [0, 0.05) is 4.90 Å². The van der Waals surface area contributed by atoms with Crippen molar-refractivity contribution in [1.82, 2.24) is 0 Å². The van der Waals surface area contributed by atoms with E-state index in [1.54, 1.807) is 12.1 Å². The number of thioether (sulfide) groups is 1. The predicted octanol–water partition coefficient (Wildman–Crippen LogP) is 4.34. The topological polar surface area (TPSA) is 26.0 Å². The van der Waals surface area contributed by atoms with Crippen LogP contribution in [0.5, 0.6) is 0 Å². The van der Waals surface area contributed by atoms with Crippen LogP contribution in [0.25, 0.3) is 0 Å². The number of alkyl halides is 3. The van der Waals surface area contributed by atoms with Gasteiger partial charge in [-0.15, -0.1) is 11.8 Å². The van der Waals surface area contributed by atoms with Crippen LogP contribution >= 0.6 is 11.8 Å². The maximum atomic E-state index is 13.0. The number of hydrogen-bond acceptors (Lipinski definition) is 2. The number of benzene rings is 1. The Morgan fingerprint density at radius 1 is 1.26 bits per heavy atom. The first-order chi connectivity index (χ1) is 8.84. The Morgan fingerprint density at radius 3 is 2.47 bits per heavy atom. The molecule has 0 aliphatic carbocycles. The van der Waals surface area contributed by atoms with Crippen LogP contribution in [0.2, 0.25) is 0 Å². The molecule has 5 heteroatoms. The fourth-order valence-corrected chi connectivity index (χ4v) is 2.95. The molecule has 1 rings (SSSR count). The zero-order valence-corrected chi connectivity index (χ0v) is 12.1. The maximum Gasteiger partial charge on any atom is 0.417 e. The van der Waals surface area contributed by atoms with Gasteiger partial charge >= 0.3 is 6.18 Å². The van der Waals surface area contributed by atoms with E-state index in [-0.39, 0.29) is 0 Å². The van der Waals surface area contributed by atoms with Gasteiger partial charge in [0.05, 0.1) is 5.56 Å². The second-order valence-corrected chi connectivity index (χ2v) is 6.03. The molecule has 0 saturated heterocycles. The van der Waals surface area contributed by atoms with E-state index in [0.29, 0.717) is 35.1 Å². The molecule has 1 aromatic carbocycles. The summed E-state index contributed by atoms with van der Waals surface area (Å²) in [4.78, 5) is 0.314. The molecule has 2 N–H and O–H groups in total. The number of hydrogen-bond donors (Lipinski definition) is 1. The Bertz CT molecular complexity index is 402. The molecule has 0 aromatic heterocycles. The summed E-state index contributed by atoms with van der Waals surface area (Å²) in [5.41, 5.74) is 5.49. The van der Waals surface area contributed by atoms with E-state index in [4.69, 9.17) is 5.73 Å². The van der Waals surface area contributed by atoms with Crippen LogP contribution < -0.4 is 5.73 Å². The molecule has 0 atom stereocenters. The second-order valence-electron chi connectivity index (χ2n) is 4.90. The van der Waals surface area contributed by atoms with Crippen LogP contribution in [-0.4, -0.2) is 12.3 Å². The standard InChI is InChI=1S/C14H20F3NS/c1-10(2)6-8-19-13-4-3-11(5-7-18)9-12(13)14(15,16)17/h3-4,9-10H,5-8,18H2,1-2H3. The number of rotatable bonds is 6. The quantitative estimate of drug-likeness (QED) is 0.789. The molecule has 0 aliphatic heterocycles. The van der Waals surface area contributed by atoms with Gasteiger partial charge in [-0.3, -0.25) is 0 Å². The van der Waals surface area contributed by atoms with Crippen LogP contribution in [0.1, 0.15) is 31.4 Å². The summed E-state index contributed by atoms with van der Waals surface area (Å²) in [5.74, 6) is 1.20. The summed E-state index contributed by atoms with van der Waals surface area (Å²) in [5, 5.41) is 0. The normalized spacial score (nSPS) is 12.2. The lowest BCUT2D eigenvalue weighted by molar-refractivity contribution is -0.139. The van der Waals surface area contributed by atoms with Gasteiger partial charge < -0.3 is 5.73 Å². The van der Waals surface area contributed by atoms with Crippen LogP contribution in [0, 0.1) is 5.92 Å². The predicted molar refractivity (Wildman–Crippen MR) is 74.4 cm³/mol. The van der Waals surface area contributed by atoms with Crippen molar-refractivity contribution >= 4 is 11.8 Å². The molecule has 0 aliphatic rings. The summed E-state index contributed by atoms with van der Waals surface area (Å²) >= 11 is 1.28. The van der Waals surface area contributed by atoms with Gasteiger partial charge in [-0.05, 0) is 48.8 Å². The average molecular weight is 291 g/mol. The van der Waals surface area contributed by atoms with E-state index in [1.807, 2.05) is 0 Å². The van der Waals surface area contributed by atoms with Crippen LogP contribution in [0.4, 0.5) is 13.2 Å². The largest absolute Gasteiger partial charge is 0.417 e. The van der Waals surface area contributed by atoms with Gasteiger partial charge in [-0.2, -0.15) is 13.2 Å². The molecule has 0 amide bonds. The van der Waals surface area contributed by atoms with Crippen molar-refractivity contribution in [2.45, 2.75) is 37.8 Å². The highest BCUT2D eigenvalue weighted by molar-refractivity contribution is 7.99. The lowest BCUT2D eigenvalue weighted by Gasteiger charge is -2.14. The molecule has 0 bridgehead atoms. The minimum absolute atomic E-state index is 0.314. The van der Waals surface area contributed by atoms with Crippen molar-refractivity contribution in [2.24, 2.45) is 11.7 Å². The third-order valence-corrected chi connectivity index (χ3v) is 3.84. The van der Waals surface area contributed by atoms with E-state index < -0.39 is 11.7 Å². The Hall–Kier alpha value is -0.680. The van der Waals surface area contributed by atoms with Crippen LogP contribution in [0.15, 0.2) is 23.1 Å². The third kappa shape index (κ3) is 5.45. The molecule has 19 heavy (non-hydrogen) atoms. The smallest absolute Gasteiger partial charge is 0.330 e. The van der Waals surface area contributed by atoms with E-state index in [2.05, 4.69) is 13.8 Å². The fourth-order valence-electron chi connectivity index (χ4n) is 1.65. The first kappa shape index (κ1) is 16.4. The molecule has 0 fully saturated rings. The van der Waals surface area contributed by atoms with E-state index >= 15 is 0 Å². The van der Waals surface area contributed by atoms with Gasteiger partial charge in [0.1, 0.15) is 0 Å². The fraction of sp³-hybridized carbons (Fsp3) is 0.571. The van der Waals surface area contributed by atoms with Gasteiger partial charge in [0.15, 0.2) is 0 Å². The van der Waals surface area contributed by atoms with Gasteiger partial charge in [-0.1, -0.05) is 19.9 Å². The minimum Gasteiger partial charge on any atom is -0.330 e. The van der Waals surface area contributed by atoms with Crippen molar-refractivity contribution in [1.29, 1.82) is 0 Å². The van der Waals surface area contributed by atoms with Gasteiger partial charge in [-0.25, -0.2) is 0 Å². The third-order valence-electron chi connectivity index (χ3n) is 2.74. The summed E-state index contributed by atoms with van der Waals surface area (Å²) < 4.78 is 39.0. The number of nitrogens with two attached hydrogens (primary N) is 1. The molecular weight excluding hydrogens is 271 g/mol. The first-order valence-electron chi connectivity index (χ1n) is 6.37. The Morgan fingerprint density at radius 2 is 1.95 bits per heavy atom. The molecule has 0 heterocycles. The molecule has 1 aromatic rings. The summed E-state index contributed by atoms with van der Waals surface area (Å²) in [6.07, 6.45) is -2.92. The zero-order valence-electron chi connectivity index (χ0n) is 11.3. The van der Waals surface area contributed by atoms with Gasteiger partial charge in [0.25, 0.3) is 0 Å². The Balaban J connectivity index is 2.90. The number of halogens is 3. The second kappa shape index (κ2) is 7.20. The van der Waals surface area contributed by atoms with Crippen molar-refractivity contribution in [2.75, 3.05) is 12.3 Å². The van der Waals surface area contributed by atoms with Crippen LogP contribution in [0.3, 0.4) is 0 Å².